The van der Waals surface area contributed by atoms with Crippen molar-refractivity contribution < 1.29 is 23.8 Å². The molecule has 3 aromatic carbocycles. The van der Waals surface area contributed by atoms with Crippen molar-refractivity contribution >= 4 is 23.7 Å². The molecule has 9 nitrogen and oxygen atoms in total. The summed E-state index contributed by atoms with van der Waals surface area (Å²) >= 11 is 0. The van der Waals surface area contributed by atoms with Crippen molar-refractivity contribution in [1.82, 2.24) is 10.3 Å². The van der Waals surface area contributed by atoms with Crippen LogP contribution in [-0.2, 0) is 9.53 Å². The quantitative estimate of drug-likeness (QED) is 0.597. The van der Waals surface area contributed by atoms with E-state index in [1.807, 2.05) is 18.2 Å². The fraction of sp³-hybridized carbons (Fsp3) is 0.154. The van der Waals surface area contributed by atoms with E-state index in [2.05, 4.69) is 15.4 Å². The summed E-state index contributed by atoms with van der Waals surface area (Å²) in [6, 6.07) is 21.3. The Hall–Kier alpha value is -4.66. The van der Waals surface area contributed by atoms with Gasteiger partial charge in [-0.05, 0) is 42.0 Å². The molecule has 0 saturated heterocycles. The minimum absolute atomic E-state index is 0.0296. The summed E-state index contributed by atoms with van der Waals surface area (Å²) in [5, 5.41) is 8.27. The van der Waals surface area contributed by atoms with E-state index in [4.69, 9.17) is 14.2 Å². The molecule has 0 saturated carbocycles. The highest BCUT2D eigenvalue weighted by molar-refractivity contribution is 6.13. The number of ether oxygens (including phenoxy) is 3. The Bertz CT molecular complexity index is 1320. The number of carbonyl (C=O) groups is 2. The van der Waals surface area contributed by atoms with Crippen LogP contribution in [-0.4, -0.2) is 49.0 Å². The second kappa shape index (κ2) is 9.30. The first kappa shape index (κ1) is 22.1. The Labute approximate surface area is 201 Å². The van der Waals surface area contributed by atoms with Gasteiger partial charge in [0, 0.05) is 5.56 Å². The molecule has 2 heterocycles. The molecule has 0 bridgehead atoms. The molecule has 0 aliphatic carbocycles. The maximum atomic E-state index is 13.6. The molecule has 0 spiro atoms. The predicted octanol–water partition coefficient (Wildman–Crippen LogP) is 3.13. The molecule has 2 atom stereocenters. The fourth-order valence-corrected chi connectivity index (χ4v) is 3.92. The summed E-state index contributed by atoms with van der Waals surface area (Å²) in [4.78, 5) is 31.2. The third-order valence-corrected chi connectivity index (χ3v) is 5.72. The number of rotatable bonds is 6. The SMILES string of the molecule is COc1ccc(C2N=C3OC(c4ccccc4OC)=NN3C(=O)C2NC(=O)c2ccccc2)cc1. The minimum atomic E-state index is -1.01. The van der Waals surface area contributed by atoms with Crippen LogP contribution in [0.15, 0.2) is 89.0 Å². The van der Waals surface area contributed by atoms with Gasteiger partial charge in [0.2, 0.25) is 0 Å². The molecule has 5 rings (SSSR count). The van der Waals surface area contributed by atoms with E-state index in [9.17, 15) is 9.59 Å². The number of hydrogen-bond acceptors (Lipinski definition) is 7. The molecule has 0 aromatic heterocycles. The number of nitrogens with zero attached hydrogens (tertiary/aromatic N) is 3. The summed E-state index contributed by atoms with van der Waals surface area (Å²) in [5.41, 5.74) is 1.71. The summed E-state index contributed by atoms with van der Waals surface area (Å²) in [5.74, 6) is 0.520. The Morgan fingerprint density at radius 1 is 0.943 bits per heavy atom. The third-order valence-electron chi connectivity index (χ3n) is 5.72. The molecule has 176 valence electrons. The van der Waals surface area contributed by atoms with Crippen LogP contribution in [0.5, 0.6) is 11.5 Å². The van der Waals surface area contributed by atoms with Gasteiger partial charge in [-0.15, -0.1) is 10.1 Å². The van der Waals surface area contributed by atoms with E-state index in [0.29, 0.717) is 28.2 Å². The molecular weight excluding hydrogens is 448 g/mol. The maximum absolute atomic E-state index is 13.6. The summed E-state index contributed by atoms with van der Waals surface area (Å²) < 4.78 is 16.5. The number of aliphatic imine (C=N–C) groups is 1. The largest absolute Gasteiger partial charge is 0.497 e. The zero-order chi connectivity index (χ0) is 24.4. The number of carbonyl (C=O) groups excluding carboxylic acids is 2. The van der Waals surface area contributed by atoms with Crippen molar-refractivity contribution in [3.05, 3.63) is 95.6 Å². The van der Waals surface area contributed by atoms with Gasteiger partial charge in [0.25, 0.3) is 17.7 Å². The van der Waals surface area contributed by atoms with Crippen molar-refractivity contribution in [3.8, 4) is 11.5 Å². The van der Waals surface area contributed by atoms with E-state index in [1.165, 1.54) is 0 Å². The van der Waals surface area contributed by atoms with Gasteiger partial charge in [-0.25, -0.2) is 4.99 Å². The van der Waals surface area contributed by atoms with Gasteiger partial charge in [-0.1, -0.05) is 42.5 Å². The van der Waals surface area contributed by atoms with Gasteiger partial charge in [-0.3, -0.25) is 9.59 Å². The topological polar surface area (TPSA) is 102 Å². The Morgan fingerprint density at radius 3 is 2.37 bits per heavy atom. The van der Waals surface area contributed by atoms with Crippen LogP contribution in [0.3, 0.4) is 0 Å². The summed E-state index contributed by atoms with van der Waals surface area (Å²) in [7, 11) is 3.11. The maximum Gasteiger partial charge on any atom is 0.323 e. The van der Waals surface area contributed by atoms with Crippen LogP contribution in [0.1, 0.15) is 27.5 Å². The van der Waals surface area contributed by atoms with Crippen LogP contribution in [0.25, 0.3) is 0 Å². The van der Waals surface area contributed by atoms with Gasteiger partial charge in [0.15, 0.2) is 0 Å². The second-order valence-corrected chi connectivity index (χ2v) is 7.80. The van der Waals surface area contributed by atoms with Crippen LogP contribution in [0.2, 0.25) is 0 Å². The molecule has 2 unspecified atom stereocenters. The van der Waals surface area contributed by atoms with Gasteiger partial charge in [0.1, 0.15) is 23.6 Å². The van der Waals surface area contributed by atoms with Crippen molar-refractivity contribution in [2.45, 2.75) is 12.1 Å². The summed E-state index contributed by atoms with van der Waals surface area (Å²) in [6.07, 6.45) is 0. The molecule has 2 aliphatic rings. The fourth-order valence-electron chi connectivity index (χ4n) is 3.92. The lowest BCUT2D eigenvalue weighted by atomic mass is 9.97. The molecule has 0 fully saturated rings. The number of amides is 2. The van der Waals surface area contributed by atoms with Crippen molar-refractivity contribution in [2.75, 3.05) is 14.2 Å². The number of hydrogen-bond donors (Lipinski definition) is 1. The van der Waals surface area contributed by atoms with Crippen LogP contribution in [0.4, 0.5) is 0 Å². The zero-order valence-electron chi connectivity index (χ0n) is 19.0. The molecule has 2 aliphatic heterocycles. The molecule has 0 radical (unpaired) electrons. The van der Waals surface area contributed by atoms with Gasteiger partial charge >= 0.3 is 6.02 Å². The van der Waals surface area contributed by atoms with Crippen molar-refractivity contribution in [3.63, 3.8) is 0 Å². The highest BCUT2D eigenvalue weighted by Crippen LogP contribution is 2.32. The lowest BCUT2D eigenvalue weighted by molar-refractivity contribution is -0.131. The Kier molecular flexibility index (Phi) is 5.88. The molecular formula is C26H22N4O5. The van der Waals surface area contributed by atoms with E-state index in [1.54, 1.807) is 74.9 Å². The van der Waals surface area contributed by atoms with Gasteiger partial charge in [-0.2, -0.15) is 0 Å². The zero-order valence-corrected chi connectivity index (χ0v) is 19.0. The molecule has 3 aromatic rings. The second-order valence-electron chi connectivity index (χ2n) is 7.80. The normalized spacial score (nSPS) is 18.7. The lowest BCUT2D eigenvalue weighted by Crippen LogP contribution is -2.53. The van der Waals surface area contributed by atoms with E-state index >= 15 is 0 Å². The first-order valence-corrected chi connectivity index (χ1v) is 10.9. The van der Waals surface area contributed by atoms with Crippen molar-refractivity contribution in [2.24, 2.45) is 10.1 Å². The lowest BCUT2D eigenvalue weighted by Gasteiger charge is -2.30. The Morgan fingerprint density at radius 2 is 1.66 bits per heavy atom. The molecule has 1 N–H and O–H groups in total. The summed E-state index contributed by atoms with van der Waals surface area (Å²) in [6.45, 7) is 0. The monoisotopic (exact) mass is 470 g/mol. The highest BCUT2D eigenvalue weighted by Gasteiger charge is 2.45. The van der Waals surface area contributed by atoms with Crippen LogP contribution in [0, 0.1) is 0 Å². The first-order valence-electron chi connectivity index (χ1n) is 10.9. The minimum Gasteiger partial charge on any atom is -0.497 e. The number of methoxy groups -OCH3 is 2. The van der Waals surface area contributed by atoms with E-state index < -0.39 is 23.9 Å². The number of amidine groups is 1. The number of benzene rings is 3. The number of hydrazone groups is 1. The third kappa shape index (κ3) is 4.19. The average Bonchev–Trinajstić information content (AvgIpc) is 3.35. The molecule has 9 heteroatoms. The molecule has 2 amide bonds. The van der Waals surface area contributed by atoms with Crippen LogP contribution < -0.4 is 14.8 Å². The first-order chi connectivity index (χ1) is 17.1. The molecule has 35 heavy (non-hydrogen) atoms. The number of nitrogens with one attached hydrogen (secondary N) is 1. The van der Waals surface area contributed by atoms with Gasteiger partial charge < -0.3 is 19.5 Å². The average molecular weight is 470 g/mol. The Balaban J connectivity index is 1.52. The number of para-hydroxylation sites is 1. The number of fused-ring (bicyclic) bond motifs is 1. The smallest absolute Gasteiger partial charge is 0.323 e. The highest BCUT2D eigenvalue weighted by atomic mass is 16.5. The predicted molar refractivity (Wildman–Crippen MR) is 128 cm³/mol. The van der Waals surface area contributed by atoms with E-state index in [0.717, 1.165) is 5.01 Å². The van der Waals surface area contributed by atoms with Crippen molar-refractivity contribution in [1.29, 1.82) is 0 Å². The van der Waals surface area contributed by atoms with E-state index in [-0.39, 0.29) is 11.9 Å². The van der Waals surface area contributed by atoms with Crippen LogP contribution >= 0.6 is 0 Å². The van der Waals surface area contributed by atoms with Gasteiger partial charge in [0.05, 0.1) is 19.8 Å². The standard InChI is InChI=1S/C26H22N4O5/c1-33-18-14-12-16(13-15-18)21-22(27-23(31)17-8-4-3-5-9-17)25(32)30-26(28-21)35-24(29-30)19-10-6-7-11-20(19)34-2/h3-15,21-22H,1-2H3,(H,27,31).